The third-order valence-electron chi connectivity index (χ3n) is 15.5. The summed E-state index contributed by atoms with van der Waals surface area (Å²) in [6.45, 7) is 4.60. The molecule has 0 bridgehead atoms. The highest BCUT2D eigenvalue weighted by atomic mass is 15.0. The minimum atomic E-state index is -0.463. The van der Waals surface area contributed by atoms with Gasteiger partial charge in [0.15, 0.2) is 0 Å². The molecule has 0 aliphatic heterocycles. The summed E-state index contributed by atoms with van der Waals surface area (Å²) in [6.07, 6.45) is 0. The summed E-state index contributed by atoms with van der Waals surface area (Å²) < 4.78 is 2.44. The quantitative estimate of drug-likeness (QED) is 0.177. The minimum absolute atomic E-state index is 0.332. The van der Waals surface area contributed by atoms with Crippen LogP contribution in [0.3, 0.4) is 0 Å². The van der Waals surface area contributed by atoms with E-state index in [-0.39, 0.29) is 5.41 Å². The van der Waals surface area contributed by atoms with Gasteiger partial charge in [0.2, 0.25) is 0 Å². The first-order valence-electron chi connectivity index (χ1n) is 23.4. The van der Waals surface area contributed by atoms with Crippen molar-refractivity contribution in [2.45, 2.75) is 24.7 Å². The first-order valence-corrected chi connectivity index (χ1v) is 23.4. The number of benzene rings is 10. The van der Waals surface area contributed by atoms with Crippen molar-refractivity contribution >= 4 is 43.4 Å². The van der Waals surface area contributed by atoms with Crippen LogP contribution in [0.25, 0.3) is 105 Å². The third kappa shape index (κ3) is 4.75. The van der Waals surface area contributed by atoms with Crippen molar-refractivity contribution in [3.63, 3.8) is 0 Å². The number of nitrogens with zero attached hydrogens (tertiary/aromatic N) is 3. The van der Waals surface area contributed by atoms with Gasteiger partial charge >= 0.3 is 0 Å². The van der Waals surface area contributed by atoms with E-state index in [9.17, 15) is 0 Å². The van der Waals surface area contributed by atoms with Crippen molar-refractivity contribution in [1.82, 2.24) is 14.5 Å². The molecule has 0 N–H and O–H groups in total. The molecule has 15 rings (SSSR count). The van der Waals surface area contributed by atoms with E-state index in [1.165, 1.54) is 93.4 Å². The van der Waals surface area contributed by atoms with Gasteiger partial charge in [-0.05, 0) is 108 Å². The SMILES string of the molecule is CC1(C)c2ccccc2-c2nc(-c3ccc(-n4c5cc6ccccc6cc5c5cc6ccccc6cc54)cc3)c(-c3cccc4c3-c3ccccc3C43c4ccccc4-c4ccccc43)nc21. The van der Waals surface area contributed by atoms with Gasteiger partial charge in [0.1, 0.15) is 0 Å². The van der Waals surface area contributed by atoms with Gasteiger partial charge in [0.25, 0.3) is 0 Å². The average Bonchev–Trinajstić information content (AvgIpc) is 4.04. The monoisotopic (exact) mass is 851 g/mol. The van der Waals surface area contributed by atoms with Crippen molar-refractivity contribution in [2.75, 3.05) is 0 Å². The van der Waals surface area contributed by atoms with Gasteiger partial charge in [-0.25, -0.2) is 9.97 Å². The molecule has 3 heteroatoms. The van der Waals surface area contributed by atoms with E-state index in [1.54, 1.807) is 0 Å². The van der Waals surface area contributed by atoms with Crippen LogP contribution in [-0.2, 0) is 10.8 Å². The Labute approximate surface area is 388 Å². The van der Waals surface area contributed by atoms with Crippen LogP contribution in [-0.4, -0.2) is 14.5 Å². The van der Waals surface area contributed by atoms with Gasteiger partial charge in [0, 0.05) is 38.6 Å². The standard InChI is InChI=1S/C64H41N3/c1-63(2)51-25-11-10-23-47(51)61-62(63)66-60(48-24-15-29-55-58(48)46-22-9-14-28-54(46)64(55)52-26-12-7-20-44(52)45-21-8-13-27-53(45)64)59(65-61)38-30-32-43(33-31-38)67-56-36-41-18-5-3-16-39(41)34-49(56)50-35-40-17-4-6-19-42(40)37-57(50)67/h3-37H,1-2H3. The molecule has 12 aromatic rings. The van der Waals surface area contributed by atoms with Crippen LogP contribution in [0, 0.1) is 0 Å². The van der Waals surface area contributed by atoms with Crippen LogP contribution < -0.4 is 0 Å². The number of aromatic nitrogens is 3. The molecule has 3 aliphatic carbocycles. The predicted octanol–water partition coefficient (Wildman–Crippen LogP) is 15.9. The Morgan fingerprint density at radius 2 is 0.821 bits per heavy atom. The second-order valence-electron chi connectivity index (χ2n) is 19.2. The van der Waals surface area contributed by atoms with E-state index in [0.29, 0.717) is 0 Å². The highest BCUT2D eigenvalue weighted by molar-refractivity contribution is 6.17. The van der Waals surface area contributed by atoms with Crippen LogP contribution in [0.5, 0.6) is 0 Å². The van der Waals surface area contributed by atoms with Crippen molar-refractivity contribution in [3.8, 4) is 61.7 Å². The number of hydrogen-bond acceptors (Lipinski definition) is 2. The largest absolute Gasteiger partial charge is 0.309 e. The van der Waals surface area contributed by atoms with Gasteiger partial charge < -0.3 is 4.57 Å². The lowest BCUT2D eigenvalue weighted by Gasteiger charge is -2.30. The van der Waals surface area contributed by atoms with Crippen LogP contribution in [0.2, 0.25) is 0 Å². The second-order valence-corrected chi connectivity index (χ2v) is 19.2. The van der Waals surface area contributed by atoms with E-state index >= 15 is 0 Å². The average molecular weight is 852 g/mol. The van der Waals surface area contributed by atoms with E-state index in [0.717, 1.165) is 45.2 Å². The molecule has 3 aliphatic rings. The Kier molecular flexibility index (Phi) is 7.22. The highest BCUT2D eigenvalue weighted by Gasteiger charge is 2.52. The zero-order chi connectivity index (χ0) is 44.2. The lowest BCUT2D eigenvalue weighted by atomic mass is 9.70. The maximum atomic E-state index is 5.87. The summed E-state index contributed by atoms with van der Waals surface area (Å²) in [6, 6.07) is 78.7. The van der Waals surface area contributed by atoms with Crippen LogP contribution in [0.4, 0.5) is 0 Å². The van der Waals surface area contributed by atoms with Gasteiger partial charge in [0.05, 0.1) is 39.2 Å². The minimum Gasteiger partial charge on any atom is -0.309 e. The maximum Gasteiger partial charge on any atom is 0.0975 e. The summed E-state index contributed by atoms with van der Waals surface area (Å²) in [4.78, 5) is 11.6. The van der Waals surface area contributed by atoms with Crippen LogP contribution >= 0.6 is 0 Å². The molecule has 10 aromatic carbocycles. The normalized spacial score (nSPS) is 14.4. The molecule has 0 atom stereocenters. The zero-order valence-corrected chi connectivity index (χ0v) is 37.0. The lowest BCUT2D eigenvalue weighted by Crippen LogP contribution is -2.25. The Morgan fingerprint density at radius 3 is 1.42 bits per heavy atom. The fraction of sp³-hybridized carbons (Fsp3) is 0.0625. The lowest BCUT2D eigenvalue weighted by molar-refractivity contribution is 0.636. The molecule has 312 valence electrons. The van der Waals surface area contributed by atoms with E-state index in [2.05, 4.69) is 231 Å². The molecule has 0 radical (unpaired) electrons. The number of fused-ring (bicyclic) bond motifs is 18. The molecular weight excluding hydrogens is 811 g/mol. The van der Waals surface area contributed by atoms with E-state index < -0.39 is 5.41 Å². The zero-order valence-electron chi connectivity index (χ0n) is 37.0. The number of hydrogen-bond donors (Lipinski definition) is 0. The first kappa shape index (κ1) is 36.9. The molecule has 67 heavy (non-hydrogen) atoms. The fourth-order valence-corrected chi connectivity index (χ4v) is 12.6. The molecular formula is C64H41N3. The van der Waals surface area contributed by atoms with Crippen molar-refractivity contribution in [3.05, 3.63) is 246 Å². The summed E-state index contributed by atoms with van der Waals surface area (Å²) in [5.41, 5.74) is 21.4. The molecule has 0 saturated carbocycles. The summed E-state index contributed by atoms with van der Waals surface area (Å²) in [5, 5.41) is 7.44. The molecule has 0 unspecified atom stereocenters. The van der Waals surface area contributed by atoms with Gasteiger partial charge in [-0.1, -0.05) is 190 Å². The molecule has 0 fully saturated rings. The maximum absolute atomic E-state index is 5.87. The predicted molar refractivity (Wildman–Crippen MR) is 276 cm³/mol. The smallest absolute Gasteiger partial charge is 0.0975 e. The molecule has 3 nitrogen and oxygen atoms in total. The first-order chi connectivity index (χ1) is 33.0. The Bertz CT molecular complexity index is 3990. The van der Waals surface area contributed by atoms with Crippen molar-refractivity contribution in [1.29, 1.82) is 0 Å². The van der Waals surface area contributed by atoms with Crippen LogP contribution in [0.1, 0.15) is 47.4 Å². The molecule has 0 amide bonds. The Hall–Kier alpha value is -8.40. The van der Waals surface area contributed by atoms with Gasteiger partial charge in [-0.2, -0.15) is 0 Å². The van der Waals surface area contributed by atoms with Crippen LogP contribution in [0.15, 0.2) is 212 Å². The van der Waals surface area contributed by atoms with Crippen molar-refractivity contribution in [2.24, 2.45) is 0 Å². The molecule has 2 aromatic heterocycles. The second kappa shape index (κ2) is 13.1. The molecule has 1 spiro atoms. The topological polar surface area (TPSA) is 30.7 Å². The summed E-state index contributed by atoms with van der Waals surface area (Å²) in [5.74, 6) is 0. The van der Waals surface area contributed by atoms with E-state index in [1.807, 2.05) is 0 Å². The third-order valence-corrected chi connectivity index (χ3v) is 15.5. The summed E-state index contributed by atoms with van der Waals surface area (Å²) in [7, 11) is 0. The Balaban J connectivity index is 0.985. The van der Waals surface area contributed by atoms with Crippen molar-refractivity contribution < 1.29 is 0 Å². The molecule has 0 saturated heterocycles. The van der Waals surface area contributed by atoms with E-state index in [4.69, 9.17) is 9.97 Å². The number of rotatable bonds is 3. The molecule has 2 heterocycles. The van der Waals surface area contributed by atoms with Gasteiger partial charge in [-0.3, -0.25) is 0 Å². The highest BCUT2D eigenvalue weighted by Crippen LogP contribution is 2.64. The Morgan fingerprint density at radius 1 is 0.358 bits per heavy atom. The fourth-order valence-electron chi connectivity index (χ4n) is 12.6. The summed E-state index contributed by atoms with van der Waals surface area (Å²) >= 11 is 0. The van der Waals surface area contributed by atoms with Gasteiger partial charge in [-0.15, -0.1) is 0 Å².